The van der Waals surface area contributed by atoms with Crippen LogP contribution in [0.4, 0.5) is 0 Å². The third-order valence-electron chi connectivity index (χ3n) is 5.13. The van der Waals surface area contributed by atoms with E-state index in [-0.39, 0.29) is 5.57 Å². The van der Waals surface area contributed by atoms with Crippen molar-refractivity contribution in [3.63, 3.8) is 0 Å². The molecule has 0 fully saturated rings. The van der Waals surface area contributed by atoms with Gasteiger partial charge in [-0.3, -0.25) is 0 Å². The number of aryl methyl sites for hydroxylation is 1. The quantitative estimate of drug-likeness (QED) is 0.361. The van der Waals surface area contributed by atoms with Crippen LogP contribution in [-0.4, -0.2) is 12.1 Å². The molecule has 1 aromatic heterocycles. The van der Waals surface area contributed by atoms with Crippen molar-refractivity contribution >= 4 is 17.0 Å². The molecule has 0 unspecified atom stereocenters. The molecule has 3 aromatic rings. The second kappa shape index (κ2) is 9.62. The van der Waals surface area contributed by atoms with Gasteiger partial charge in [0.2, 0.25) is 0 Å². The number of aromatic nitrogens is 1. The molecule has 0 atom stereocenters. The molecule has 0 aliphatic carbocycles. The maximum atomic E-state index is 9.28. The molecule has 0 saturated heterocycles. The van der Waals surface area contributed by atoms with Crippen LogP contribution in [0.3, 0.4) is 0 Å². The summed E-state index contributed by atoms with van der Waals surface area (Å²) in [6.07, 6.45) is 7.60. The van der Waals surface area contributed by atoms with Gasteiger partial charge in [-0.2, -0.15) is 10.5 Å². The highest BCUT2D eigenvalue weighted by molar-refractivity contribution is 5.98. The van der Waals surface area contributed by atoms with Gasteiger partial charge in [-0.05, 0) is 66.4 Å². The third kappa shape index (κ3) is 4.68. The number of H-pyrrole nitrogens is 1. The number of benzene rings is 2. The summed E-state index contributed by atoms with van der Waals surface area (Å²) >= 11 is 0. The minimum atomic E-state index is 0.0917. The van der Waals surface area contributed by atoms with Crippen molar-refractivity contribution in [3.8, 4) is 29.1 Å². The smallest absolute Gasteiger partial charge is 0.130 e. The molecule has 3 rings (SSSR count). The Morgan fingerprint density at radius 2 is 1.79 bits per heavy atom. The molecular weight excluding hydrogens is 358 g/mol. The Balaban J connectivity index is 2.08. The number of methoxy groups -OCH3 is 1. The fourth-order valence-corrected chi connectivity index (χ4v) is 3.54. The maximum Gasteiger partial charge on any atom is 0.130 e. The number of unbranched alkanes of at least 4 members (excludes halogenated alkanes) is 3. The van der Waals surface area contributed by atoms with E-state index in [4.69, 9.17) is 4.74 Å². The van der Waals surface area contributed by atoms with Crippen molar-refractivity contribution in [1.29, 1.82) is 10.5 Å². The van der Waals surface area contributed by atoms with Crippen molar-refractivity contribution in [3.05, 3.63) is 59.2 Å². The van der Waals surface area contributed by atoms with Gasteiger partial charge < -0.3 is 9.72 Å². The highest BCUT2D eigenvalue weighted by Crippen LogP contribution is 2.33. The van der Waals surface area contributed by atoms with Gasteiger partial charge in [0, 0.05) is 16.5 Å². The number of nitrogens with one attached hydrogen (secondary N) is 1. The third-order valence-corrected chi connectivity index (χ3v) is 5.13. The number of allylic oxidation sites excluding steroid dienone is 1. The van der Waals surface area contributed by atoms with Crippen LogP contribution in [0.15, 0.2) is 48.0 Å². The molecule has 0 radical (unpaired) electrons. The molecule has 1 N–H and O–H groups in total. The molecule has 0 aliphatic heterocycles. The van der Waals surface area contributed by atoms with E-state index >= 15 is 0 Å². The number of rotatable bonds is 8. The van der Waals surface area contributed by atoms with E-state index < -0.39 is 0 Å². The van der Waals surface area contributed by atoms with Crippen LogP contribution in [0.1, 0.15) is 43.7 Å². The normalized spacial score (nSPS) is 10.3. The van der Waals surface area contributed by atoms with E-state index in [2.05, 4.69) is 30.1 Å². The van der Waals surface area contributed by atoms with E-state index in [1.165, 1.54) is 31.2 Å². The molecular formula is C25H25N3O. The zero-order valence-corrected chi connectivity index (χ0v) is 17.0. The molecule has 0 spiro atoms. The number of fused-ring (bicyclic) bond motifs is 1. The first kappa shape index (κ1) is 20.2. The highest BCUT2D eigenvalue weighted by atomic mass is 16.5. The summed E-state index contributed by atoms with van der Waals surface area (Å²) in [6.45, 7) is 2.22. The fraction of sp³-hybridized carbons (Fsp3) is 0.280. The highest BCUT2D eigenvalue weighted by Gasteiger charge is 2.13. The van der Waals surface area contributed by atoms with Gasteiger partial charge in [0.25, 0.3) is 0 Å². The van der Waals surface area contributed by atoms with E-state index in [1.54, 1.807) is 13.2 Å². The lowest BCUT2D eigenvalue weighted by Crippen LogP contribution is -1.86. The Morgan fingerprint density at radius 1 is 1.03 bits per heavy atom. The van der Waals surface area contributed by atoms with E-state index in [0.29, 0.717) is 0 Å². The molecule has 2 aromatic carbocycles. The molecule has 1 heterocycles. The molecule has 146 valence electrons. The number of nitriles is 2. The number of ether oxygens (including phenoxy) is 1. The molecule has 0 amide bonds. The van der Waals surface area contributed by atoms with Gasteiger partial charge in [-0.1, -0.05) is 32.3 Å². The average molecular weight is 383 g/mol. The Labute approximate surface area is 172 Å². The number of nitrogens with zero attached hydrogens (tertiary/aromatic N) is 2. The minimum absolute atomic E-state index is 0.0917. The number of hydrogen-bond acceptors (Lipinski definition) is 3. The maximum absolute atomic E-state index is 9.28. The molecule has 0 saturated carbocycles. The lowest BCUT2D eigenvalue weighted by molar-refractivity contribution is 0.415. The Morgan fingerprint density at radius 3 is 2.45 bits per heavy atom. The molecule has 4 nitrogen and oxygen atoms in total. The van der Waals surface area contributed by atoms with Crippen LogP contribution < -0.4 is 4.74 Å². The number of aromatic amines is 1. The van der Waals surface area contributed by atoms with Crippen LogP contribution in [-0.2, 0) is 6.42 Å². The van der Waals surface area contributed by atoms with Crippen molar-refractivity contribution < 1.29 is 4.74 Å². The summed E-state index contributed by atoms with van der Waals surface area (Å²) in [4.78, 5) is 3.47. The van der Waals surface area contributed by atoms with Crippen molar-refractivity contribution in [2.24, 2.45) is 0 Å². The summed E-state index contributed by atoms with van der Waals surface area (Å²) in [5.74, 6) is 0.783. The summed E-state index contributed by atoms with van der Waals surface area (Å²) < 4.78 is 5.26. The van der Waals surface area contributed by atoms with Gasteiger partial charge in [-0.15, -0.1) is 0 Å². The molecule has 0 aliphatic rings. The van der Waals surface area contributed by atoms with Gasteiger partial charge in [0.05, 0.1) is 12.8 Å². The monoisotopic (exact) mass is 383 g/mol. The summed E-state index contributed by atoms with van der Waals surface area (Å²) in [6, 6.07) is 18.2. The van der Waals surface area contributed by atoms with Crippen molar-refractivity contribution in [1.82, 2.24) is 4.98 Å². The van der Waals surface area contributed by atoms with Gasteiger partial charge >= 0.3 is 0 Å². The van der Waals surface area contributed by atoms with Crippen LogP contribution in [0, 0.1) is 22.7 Å². The number of hydrogen-bond donors (Lipinski definition) is 1. The van der Waals surface area contributed by atoms with Crippen molar-refractivity contribution in [2.75, 3.05) is 7.11 Å². The molecule has 0 bridgehead atoms. The lowest BCUT2D eigenvalue weighted by Gasteiger charge is -2.04. The van der Waals surface area contributed by atoms with Crippen molar-refractivity contribution in [2.45, 2.75) is 39.0 Å². The summed E-state index contributed by atoms with van der Waals surface area (Å²) in [5, 5.41) is 19.6. The zero-order chi connectivity index (χ0) is 20.6. The summed E-state index contributed by atoms with van der Waals surface area (Å²) in [5.41, 5.74) is 5.11. The van der Waals surface area contributed by atoms with E-state index in [1.807, 2.05) is 36.4 Å². The van der Waals surface area contributed by atoms with E-state index in [0.717, 1.165) is 39.9 Å². The zero-order valence-electron chi connectivity index (χ0n) is 17.0. The Kier molecular flexibility index (Phi) is 6.72. The average Bonchev–Trinajstić information content (AvgIpc) is 3.12. The predicted octanol–water partition coefficient (Wildman–Crippen LogP) is 6.40. The van der Waals surface area contributed by atoms with Gasteiger partial charge in [0.15, 0.2) is 0 Å². The van der Waals surface area contributed by atoms with Crippen LogP contribution >= 0.6 is 0 Å². The Bertz CT molecular complexity index is 1080. The molecule has 29 heavy (non-hydrogen) atoms. The fourth-order valence-electron chi connectivity index (χ4n) is 3.54. The first-order valence-corrected chi connectivity index (χ1v) is 10.0. The van der Waals surface area contributed by atoms with Gasteiger partial charge in [-0.25, -0.2) is 0 Å². The van der Waals surface area contributed by atoms with Gasteiger partial charge in [0.1, 0.15) is 23.5 Å². The first-order valence-electron chi connectivity index (χ1n) is 10.0. The molecule has 4 heteroatoms. The lowest BCUT2D eigenvalue weighted by atomic mass is 10.00. The Hall–Kier alpha value is -3.50. The predicted molar refractivity (Wildman–Crippen MR) is 117 cm³/mol. The SMILES string of the molecule is CCCCCCc1ccc2[nH]c(-c3ccc(OC)cc3)c(C=C(C#N)C#N)c2c1. The topological polar surface area (TPSA) is 72.6 Å². The summed E-state index contributed by atoms with van der Waals surface area (Å²) in [7, 11) is 1.64. The van der Waals surface area contributed by atoms with Crippen LogP contribution in [0.2, 0.25) is 0 Å². The second-order valence-electron chi connectivity index (χ2n) is 7.11. The standard InChI is InChI=1S/C25H25N3O/c1-3-4-5-6-7-18-8-13-24-22(14-18)23(15-19(16-26)17-27)25(28-24)20-9-11-21(29-2)12-10-20/h8-15,28H,3-7H2,1-2H3. The minimum Gasteiger partial charge on any atom is -0.497 e. The first-order chi connectivity index (χ1) is 14.2. The van der Waals surface area contributed by atoms with Crippen LogP contribution in [0.5, 0.6) is 5.75 Å². The second-order valence-corrected chi connectivity index (χ2v) is 7.11. The van der Waals surface area contributed by atoms with Crippen LogP contribution in [0.25, 0.3) is 28.2 Å². The largest absolute Gasteiger partial charge is 0.497 e. The van der Waals surface area contributed by atoms with E-state index in [9.17, 15) is 10.5 Å².